The lowest BCUT2D eigenvalue weighted by molar-refractivity contribution is 0.0341. The van der Waals surface area contributed by atoms with E-state index in [-0.39, 0.29) is 0 Å². The number of guanidine groups is 1. The minimum absolute atomic E-state index is 0.652. The summed E-state index contributed by atoms with van der Waals surface area (Å²) in [5, 5.41) is 9.86. The van der Waals surface area contributed by atoms with E-state index in [1.165, 1.54) is 11.1 Å². The first-order valence-corrected chi connectivity index (χ1v) is 10.5. The Balaban J connectivity index is 1.53. The topological polar surface area (TPSA) is 65.0 Å². The number of anilines is 1. The molecule has 8 heteroatoms. The van der Waals surface area contributed by atoms with Crippen LogP contribution in [0.4, 0.5) is 5.13 Å². The maximum atomic E-state index is 5.45. The van der Waals surface area contributed by atoms with Gasteiger partial charge >= 0.3 is 0 Å². The third-order valence-corrected chi connectivity index (χ3v) is 5.70. The minimum atomic E-state index is 0.652. The van der Waals surface area contributed by atoms with Gasteiger partial charge in [0, 0.05) is 52.7 Å². The van der Waals surface area contributed by atoms with Crippen molar-refractivity contribution in [1.29, 1.82) is 0 Å². The van der Waals surface area contributed by atoms with Crippen molar-refractivity contribution in [1.82, 2.24) is 20.5 Å². The minimum Gasteiger partial charge on any atom is -0.379 e. The van der Waals surface area contributed by atoms with Crippen LogP contribution in [0.3, 0.4) is 0 Å². The molecule has 2 N–H and O–H groups in total. The van der Waals surface area contributed by atoms with Crippen LogP contribution in [0.1, 0.15) is 16.8 Å². The summed E-state index contributed by atoms with van der Waals surface area (Å²) in [6, 6.07) is 8.59. The molecule has 0 unspecified atom stereocenters. The highest BCUT2D eigenvalue weighted by molar-refractivity contribution is 7.13. The fraction of sp³-hybridized carbons (Fsp3) is 0.500. The Morgan fingerprint density at radius 1 is 1.18 bits per heavy atom. The molecule has 1 aliphatic heterocycles. The summed E-state index contributed by atoms with van der Waals surface area (Å²) in [6.45, 7) is 5.98. The lowest BCUT2D eigenvalue weighted by Gasteiger charge is -2.27. The van der Waals surface area contributed by atoms with Gasteiger partial charge in [0.25, 0.3) is 0 Å². The molecular formula is C20H30N6OS. The molecule has 0 aliphatic carbocycles. The Kier molecular flexibility index (Phi) is 7.64. The number of benzene rings is 1. The number of nitrogens with one attached hydrogen (secondary N) is 2. The molecular weight excluding hydrogens is 372 g/mol. The molecule has 2 heterocycles. The Bertz CT molecular complexity index is 770. The van der Waals surface area contributed by atoms with Crippen molar-refractivity contribution in [2.24, 2.45) is 4.99 Å². The number of aromatic nitrogens is 1. The molecule has 1 fully saturated rings. The number of rotatable bonds is 7. The van der Waals surface area contributed by atoms with Gasteiger partial charge < -0.3 is 20.3 Å². The van der Waals surface area contributed by atoms with Gasteiger partial charge in [-0.25, -0.2) is 4.98 Å². The van der Waals surface area contributed by atoms with Crippen LogP contribution in [0.25, 0.3) is 0 Å². The van der Waals surface area contributed by atoms with E-state index in [1.54, 1.807) is 18.4 Å². The van der Waals surface area contributed by atoms with Gasteiger partial charge in [-0.05, 0) is 11.1 Å². The maximum Gasteiger partial charge on any atom is 0.191 e. The Morgan fingerprint density at radius 2 is 1.89 bits per heavy atom. The smallest absolute Gasteiger partial charge is 0.191 e. The van der Waals surface area contributed by atoms with Crippen LogP contribution < -0.4 is 15.5 Å². The van der Waals surface area contributed by atoms with E-state index < -0.39 is 0 Å². The van der Waals surface area contributed by atoms with Gasteiger partial charge in [0.05, 0.1) is 25.5 Å². The van der Waals surface area contributed by atoms with Gasteiger partial charge in [0.1, 0.15) is 0 Å². The fourth-order valence-electron chi connectivity index (χ4n) is 3.04. The zero-order chi connectivity index (χ0) is 19.8. The molecule has 0 atom stereocenters. The van der Waals surface area contributed by atoms with Gasteiger partial charge in [-0.2, -0.15) is 0 Å². The number of hydrogen-bond donors (Lipinski definition) is 2. The van der Waals surface area contributed by atoms with Crippen molar-refractivity contribution in [3.05, 3.63) is 46.5 Å². The summed E-state index contributed by atoms with van der Waals surface area (Å²) in [7, 11) is 5.80. The highest BCUT2D eigenvalue weighted by Crippen LogP contribution is 2.17. The Morgan fingerprint density at radius 3 is 2.57 bits per heavy atom. The van der Waals surface area contributed by atoms with Crippen molar-refractivity contribution in [3.8, 4) is 0 Å². The second-order valence-corrected chi connectivity index (χ2v) is 7.79. The molecule has 3 rings (SSSR count). The highest BCUT2D eigenvalue weighted by atomic mass is 32.1. The average molecular weight is 403 g/mol. The lowest BCUT2D eigenvalue weighted by atomic mass is 10.1. The molecule has 1 aliphatic rings. The van der Waals surface area contributed by atoms with Crippen molar-refractivity contribution < 1.29 is 4.74 Å². The molecule has 0 radical (unpaired) electrons. The van der Waals surface area contributed by atoms with Crippen LogP contribution in [0.5, 0.6) is 0 Å². The van der Waals surface area contributed by atoms with Gasteiger partial charge in [-0.15, -0.1) is 11.3 Å². The SMILES string of the molecule is CN=C(NCc1csc(N(C)C)n1)NCc1ccccc1CN1CCOCC1. The molecule has 1 saturated heterocycles. The zero-order valence-electron chi connectivity index (χ0n) is 16.9. The predicted octanol–water partition coefficient (Wildman–Crippen LogP) is 1.91. The number of nitrogens with zero attached hydrogens (tertiary/aromatic N) is 4. The molecule has 0 saturated carbocycles. The normalized spacial score (nSPS) is 15.5. The van der Waals surface area contributed by atoms with Crippen molar-refractivity contribution >= 4 is 22.4 Å². The van der Waals surface area contributed by atoms with Crippen LogP contribution >= 0.6 is 11.3 Å². The standard InChI is InChI=1S/C20H30N6OS/c1-21-19(23-13-18-15-28-20(24-18)25(2)3)22-12-16-6-4-5-7-17(16)14-26-8-10-27-11-9-26/h4-7,15H,8-14H2,1-3H3,(H2,21,22,23). The molecule has 0 bridgehead atoms. The third-order valence-electron chi connectivity index (χ3n) is 4.65. The summed E-state index contributed by atoms with van der Waals surface area (Å²) >= 11 is 1.65. The van der Waals surface area contributed by atoms with Crippen molar-refractivity contribution in [2.75, 3.05) is 52.3 Å². The van der Waals surface area contributed by atoms with E-state index in [4.69, 9.17) is 4.74 Å². The van der Waals surface area contributed by atoms with E-state index >= 15 is 0 Å². The summed E-state index contributed by atoms with van der Waals surface area (Å²) in [5.74, 6) is 0.778. The van der Waals surface area contributed by atoms with Crippen LogP contribution in [0, 0.1) is 0 Å². The van der Waals surface area contributed by atoms with Crippen LogP contribution in [-0.4, -0.2) is 63.3 Å². The molecule has 152 valence electrons. The van der Waals surface area contributed by atoms with E-state index in [9.17, 15) is 0 Å². The Labute approximate surface area is 171 Å². The van der Waals surface area contributed by atoms with E-state index in [2.05, 4.69) is 55.2 Å². The largest absolute Gasteiger partial charge is 0.379 e. The molecule has 1 aromatic heterocycles. The highest BCUT2D eigenvalue weighted by Gasteiger charge is 2.13. The maximum absolute atomic E-state index is 5.45. The molecule has 7 nitrogen and oxygen atoms in total. The lowest BCUT2D eigenvalue weighted by Crippen LogP contribution is -2.37. The summed E-state index contributed by atoms with van der Waals surface area (Å²) < 4.78 is 5.45. The molecule has 0 amide bonds. The summed E-state index contributed by atoms with van der Waals surface area (Å²) in [4.78, 5) is 13.4. The van der Waals surface area contributed by atoms with E-state index in [0.717, 1.165) is 56.2 Å². The quantitative estimate of drug-likeness (QED) is 0.545. The number of aliphatic imine (C=N–C) groups is 1. The zero-order valence-corrected chi connectivity index (χ0v) is 17.8. The first kappa shape index (κ1) is 20.6. The fourth-order valence-corrected chi connectivity index (χ4v) is 3.80. The number of ether oxygens (including phenoxy) is 1. The van der Waals surface area contributed by atoms with Crippen LogP contribution in [-0.2, 0) is 24.4 Å². The Hall–Kier alpha value is -2.16. The second kappa shape index (κ2) is 10.4. The number of hydrogen-bond acceptors (Lipinski definition) is 6. The first-order chi connectivity index (χ1) is 13.7. The summed E-state index contributed by atoms with van der Waals surface area (Å²) in [5.41, 5.74) is 3.66. The number of morpholine rings is 1. The van der Waals surface area contributed by atoms with Gasteiger partial charge in [0.2, 0.25) is 0 Å². The molecule has 0 spiro atoms. The van der Waals surface area contributed by atoms with Gasteiger partial charge in [-0.3, -0.25) is 9.89 Å². The number of thiazole rings is 1. The predicted molar refractivity (Wildman–Crippen MR) is 116 cm³/mol. The second-order valence-electron chi connectivity index (χ2n) is 6.95. The molecule has 1 aromatic carbocycles. The molecule has 28 heavy (non-hydrogen) atoms. The van der Waals surface area contributed by atoms with Crippen molar-refractivity contribution in [3.63, 3.8) is 0 Å². The van der Waals surface area contributed by atoms with E-state index in [0.29, 0.717) is 6.54 Å². The van der Waals surface area contributed by atoms with Gasteiger partial charge in [-0.1, -0.05) is 24.3 Å². The van der Waals surface area contributed by atoms with Crippen LogP contribution in [0.15, 0.2) is 34.6 Å². The average Bonchev–Trinajstić information content (AvgIpc) is 3.19. The van der Waals surface area contributed by atoms with Crippen LogP contribution in [0.2, 0.25) is 0 Å². The summed E-state index contributed by atoms with van der Waals surface area (Å²) in [6.07, 6.45) is 0. The van der Waals surface area contributed by atoms with E-state index in [1.807, 2.05) is 19.0 Å². The first-order valence-electron chi connectivity index (χ1n) is 9.59. The molecule has 2 aromatic rings. The monoisotopic (exact) mass is 402 g/mol. The third kappa shape index (κ3) is 5.92. The van der Waals surface area contributed by atoms with Gasteiger partial charge in [0.15, 0.2) is 11.1 Å². The van der Waals surface area contributed by atoms with Crippen molar-refractivity contribution in [2.45, 2.75) is 19.6 Å².